The van der Waals surface area contributed by atoms with E-state index in [0.29, 0.717) is 33.2 Å². The van der Waals surface area contributed by atoms with Crippen LogP contribution in [0.5, 0.6) is 5.75 Å². The standard InChI is InChI=1S/C21H17F3N4O/c1-12-15-4-5-25-10-13(15)8-17-16-9-14(29-11-19-26-6-7-27-19)2-3-18(16)28(20(12)17)21(22,23)24/h2-5,8-10H,6-7,11H2,1H3,(H,26,27). The normalized spacial score (nSPS) is 14.6. The Hall–Kier alpha value is -3.29. The number of pyridine rings is 1. The number of hydrogen-bond donors (Lipinski definition) is 1. The smallest absolute Gasteiger partial charge is 0.486 e. The third kappa shape index (κ3) is 2.86. The molecule has 0 aliphatic carbocycles. The minimum Gasteiger partial charge on any atom is -0.486 e. The first-order valence-corrected chi connectivity index (χ1v) is 9.22. The number of aliphatic imine (C=N–C) groups is 1. The van der Waals surface area contributed by atoms with E-state index in [1.807, 2.05) is 0 Å². The molecule has 0 fully saturated rings. The van der Waals surface area contributed by atoms with Gasteiger partial charge in [-0.2, -0.15) is 0 Å². The summed E-state index contributed by atoms with van der Waals surface area (Å²) in [5.74, 6) is 1.25. The molecule has 4 aromatic rings. The number of benzene rings is 2. The SMILES string of the molecule is Cc1c2ccncc2cc2c3cc(OCC4=NCCN4)ccc3n(C(F)(F)F)c12. The number of halogens is 3. The molecular formula is C21H17F3N4O. The van der Waals surface area contributed by atoms with Crippen molar-refractivity contribution in [2.75, 3.05) is 19.7 Å². The van der Waals surface area contributed by atoms with Gasteiger partial charge in [-0.1, -0.05) is 0 Å². The molecule has 0 unspecified atom stereocenters. The van der Waals surface area contributed by atoms with Crippen LogP contribution in [0, 0.1) is 6.92 Å². The molecule has 0 amide bonds. The Morgan fingerprint density at radius 1 is 1.14 bits per heavy atom. The third-order valence-electron chi connectivity index (χ3n) is 5.26. The van der Waals surface area contributed by atoms with Crippen molar-refractivity contribution >= 4 is 38.4 Å². The summed E-state index contributed by atoms with van der Waals surface area (Å²) < 4.78 is 48.2. The number of nitrogens with zero attached hydrogens (tertiary/aromatic N) is 3. The molecule has 0 saturated carbocycles. The van der Waals surface area contributed by atoms with Gasteiger partial charge in [-0.05, 0) is 48.2 Å². The van der Waals surface area contributed by atoms with Gasteiger partial charge in [-0.25, -0.2) is 0 Å². The molecule has 8 heteroatoms. The predicted octanol–water partition coefficient (Wildman–Crippen LogP) is 4.51. The van der Waals surface area contributed by atoms with Crippen molar-refractivity contribution in [1.29, 1.82) is 0 Å². The second-order valence-electron chi connectivity index (χ2n) is 7.02. The molecule has 2 aromatic heterocycles. The Kier molecular flexibility index (Phi) is 3.90. The molecule has 1 aliphatic heterocycles. The van der Waals surface area contributed by atoms with Gasteiger partial charge >= 0.3 is 6.30 Å². The van der Waals surface area contributed by atoms with Crippen LogP contribution in [-0.2, 0) is 6.30 Å². The molecule has 29 heavy (non-hydrogen) atoms. The Morgan fingerprint density at radius 3 is 2.76 bits per heavy atom. The summed E-state index contributed by atoms with van der Waals surface area (Å²) >= 11 is 0. The van der Waals surface area contributed by atoms with Crippen LogP contribution in [-0.4, -0.2) is 35.1 Å². The van der Waals surface area contributed by atoms with E-state index in [9.17, 15) is 13.2 Å². The number of aryl methyl sites for hydroxylation is 1. The topological polar surface area (TPSA) is 51.4 Å². The minimum absolute atomic E-state index is 0.0996. The quantitative estimate of drug-likeness (QED) is 0.553. The van der Waals surface area contributed by atoms with Crippen molar-refractivity contribution in [3.8, 4) is 5.75 Å². The molecule has 1 N–H and O–H groups in total. The highest BCUT2D eigenvalue weighted by Gasteiger charge is 2.35. The van der Waals surface area contributed by atoms with Crippen LogP contribution in [0.4, 0.5) is 13.2 Å². The van der Waals surface area contributed by atoms with Crippen molar-refractivity contribution in [3.05, 3.63) is 48.3 Å². The molecule has 0 bridgehead atoms. The average molecular weight is 398 g/mol. The van der Waals surface area contributed by atoms with Gasteiger partial charge in [0.1, 0.15) is 18.2 Å². The Morgan fingerprint density at radius 2 is 2.00 bits per heavy atom. The number of rotatable bonds is 3. The van der Waals surface area contributed by atoms with Gasteiger partial charge in [-0.3, -0.25) is 14.5 Å². The molecule has 148 valence electrons. The molecule has 5 nitrogen and oxygen atoms in total. The van der Waals surface area contributed by atoms with E-state index in [4.69, 9.17) is 4.74 Å². The average Bonchev–Trinajstić information content (AvgIpc) is 3.32. The Labute approximate surface area is 163 Å². The predicted molar refractivity (Wildman–Crippen MR) is 107 cm³/mol. The highest BCUT2D eigenvalue weighted by atomic mass is 19.4. The highest BCUT2D eigenvalue weighted by molar-refractivity contribution is 6.14. The summed E-state index contributed by atoms with van der Waals surface area (Å²) in [5.41, 5.74) is 0.827. The molecule has 0 saturated heterocycles. The maximum absolute atomic E-state index is 14.0. The number of nitrogens with one attached hydrogen (secondary N) is 1. The molecule has 0 radical (unpaired) electrons. The Balaban J connectivity index is 1.75. The number of aromatic nitrogens is 2. The fourth-order valence-electron chi connectivity index (χ4n) is 4.00. The third-order valence-corrected chi connectivity index (χ3v) is 5.26. The fraction of sp³-hybridized carbons (Fsp3) is 0.238. The number of fused-ring (bicyclic) bond motifs is 4. The van der Waals surface area contributed by atoms with Gasteiger partial charge in [0.2, 0.25) is 0 Å². The summed E-state index contributed by atoms with van der Waals surface area (Å²) in [4.78, 5) is 8.38. The molecule has 0 atom stereocenters. The minimum atomic E-state index is -4.55. The van der Waals surface area contributed by atoms with Crippen LogP contribution in [0.2, 0.25) is 0 Å². The second kappa shape index (κ2) is 6.37. The molecule has 3 heterocycles. The molecule has 1 aliphatic rings. The summed E-state index contributed by atoms with van der Waals surface area (Å²) in [7, 11) is 0. The van der Waals surface area contributed by atoms with Crippen molar-refractivity contribution in [2.24, 2.45) is 4.99 Å². The van der Waals surface area contributed by atoms with Gasteiger partial charge in [0.25, 0.3) is 0 Å². The molecule has 5 rings (SSSR count). The lowest BCUT2D eigenvalue weighted by atomic mass is 10.0. The summed E-state index contributed by atoms with van der Waals surface area (Å²) in [6.45, 7) is 3.46. The van der Waals surface area contributed by atoms with Crippen LogP contribution >= 0.6 is 0 Å². The summed E-state index contributed by atoms with van der Waals surface area (Å²) in [6.07, 6.45) is -1.29. The highest BCUT2D eigenvalue weighted by Crippen LogP contribution is 2.41. The number of alkyl halides is 3. The van der Waals surface area contributed by atoms with Crippen molar-refractivity contribution in [2.45, 2.75) is 13.2 Å². The zero-order valence-corrected chi connectivity index (χ0v) is 15.5. The van der Waals surface area contributed by atoms with E-state index in [1.54, 1.807) is 43.6 Å². The van der Waals surface area contributed by atoms with E-state index in [0.717, 1.165) is 23.2 Å². The van der Waals surface area contributed by atoms with E-state index >= 15 is 0 Å². The van der Waals surface area contributed by atoms with Gasteiger partial charge in [0.15, 0.2) is 0 Å². The fourth-order valence-corrected chi connectivity index (χ4v) is 4.00. The monoisotopic (exact) mass is 398 g/mol. The van der Waals surface area contributed by atoms with E-state index in [-0.39, 0.29) is 17.6 Å². The zero-order chi connectivity index (χ0) is 20.2. The van der Waals surface area contributed by atoms with Crippen molar-refractivity contribution < 1.29 is 17.9 Å². The van der Waals surface area contributed by atoms with Crippen LogP contribution in [0.1, 0.15) is 5.56 Å². The van der Waals surface area contributed by atoms with Gasteiger partial charge in [-0.15, -0.1) is 13.2 Å². The number of ether oxygens (including phenoxy) is 1. The first-order valence-electron chi connectivity index (χ1n) is 9.22. The van der Waals surface area contributed by atoms with Crippen LogP contribution in [0.15, 0.2) is 47.7 Å². The summed E-state index contributed by atoms with van der Waals surface area (Å²) in [6, 6.07) is 8.20. The summed E-state index contributed by atoms with van der Waals surface area (Å²) in [5, 5.41) is 5.68. The first-order chi connectivity index (χ1) is 13.9. The van der Waals surface area contributed by atoms with Gasteiger partial charge in [0.05, 0.1) is 17.6 Å². The van der Waals surface area contributed by atoms with Crippen molar-refractivity contribution in [1.82, 2.24) is 14.9 Å². The van der Waals surface area contributed by atoms with Crippen LogP contribution < -0.4 is 10.1 Å². The van der Waals surface area contributed by atoms with E-state index in [1.165, 1.54) is 6.07 Å². The van der Waals surface area contributed by atoms with Gasteiger partial charge in [0, 0.05) is 35.1 Å². The van der Waals surface area contributed by atoms with E-state index < -0.39 is 6.30 Å². The van der Waals surface area contributed by atoms with Crippen LogP contribution in [0.25, 0.3) is 32.6 Å². The zero-order valence-electron chi connectivity index (χ0n) is 15.5. The van der Waals surface area contributed by atoms with Crippen LogP contribution in [0.3, 0.4) is 0 Å². The lowest BCUT2D eigenvalue weighted by molar-refractivity contribution is -0.197. The van der Waals surface area contributed by atoms with Gasteiger partial charge < -0.3 is 10.1 Å². The lowest BCUT2D eigenvalue weighted by Gasteiger charge is -2.13. The maximum Gasteiger partial charge on any atom is 0.489 e. The Bertz CT molecular complexity index is 1290. The lowest BCUT2D eigenvalue weighted by Crippen LogP contribution is -2.24. The molecule has 2 aromatic carbocycles. The second-order valence-corrected chi connectivity index (χ2v) is 7.02. The molecule has 0 spiro atoms. The van der Waals surface area contributed by atoms with Crippen molar-refractivity contribution in [3.63, 3.8) is 0 Å². The number of amidine groups is 1. The largest absolute Gasteiger partial charge is 0.489 e. The maximum atomic E-state index is 14.0. The van der Waals surface area contributed by atoms with E-state index in [2.05, 4.69) is 15.3 Å². The molecular weight excluding hydrogens is 381 g/mol. The first kappa shape index (κ1) is 17.8. The number of hydrogen-bond acceptors (Lipinski definition) is 4.